The van der Waals surface area contributed by atoms with Crippen LogP contribution in [0.2, 0.25) is 0 Å². The molecular weight excluding hydrogens is 336 g/mol. The van der Waals surface area contributed by atoms with E-state index in [0.717, 1.165) is 38.9 Å². The van der Waals surface area contributed by atoms with Crippen LogP contribution in [0.1, 0.15) is 18.1 Å². The molecule has 27 heavy (non-hydrogen) atoms. The topological polar surface area (TPSA) is 95.6 Å². The summed E-state index contributed by atoms with van der Waals surface area (Å²) in [5.74, 6) is -0.745. The third kappa shape index (κ3) is 3.70. The Morgan fingerprint density at radius 1 is 1.33 bits per heavy atom. The van der Waals surface area contributed by atoms with Gasteiger partial charge in [0.1, 0.15) is 17.3 Å². The van der Waals surface area contributed by atoms with Gasteiger partial charge in [0, 0.05) is 28.9 Å². The van der Waals surface area contributed by atoms with Gasteiger partial charge in [-0.3, -0.25) is 4.79 Å². The van der Waals surface area contributed by atoms with Gasteiger partial charge in [0.15, 0.2) is 0 Å². The molecule has 0 spiro atoms. The fourth-order valence-electron chi connectivity index (χ4n) is 2.85. The van der Waals surface area contributed by atoms with Gasteiger partial charge >= 0.3 is 0 Å². The molecule has 0 aliphatic carbocycles. The third-order valence-corrected chi connectivity index (χ3v) is 4.16. The van der Waals surface area contributed by atoms with Crippen molar-refractivity contribution in [1.29, 1.82) is 5.26 Å². The number of nitrogens with two attached hydrogens (primary N) is 1. The number of rotatable bonds is 5. The first-order valence-electron chi connectivity index (χ1n) is 8.34. The molecule has 2 aromatic heterocycles. The Hall–Kier alpha value is -3.91. The van der Waals surface area contributed by atoms with Gasteiger partial charge in [-0.1, -0.05) is 36.9 Å². The van der Waals surface area contributed by atoms with Gasteiger partial charge in [0.25, 0.3) is 5.91 Å². The van der Waals surface area contributed by atoms with Gasteiger partial charge in [-0.2, -0.15) is 5.26 Å². The maximum Gasteiger partial charge on any atom is 0.259 e. The first-order valence-corrected chi connectivity index (χ1v) is 8.34. The summed E-state index contributed by atoms with van der Waals surface area (Å²) in [6.45, 7) is 6.04. The van der Waals surface area contributed by atoms with Crippen LogP contribution in [-0.2, 0) is 4.79 Å². The maximum atomic E-state index is 11.3. The van der Waals surface area contributed by atoms with E-state index in [0.29, 0.717) is 0 Å². The van der Waals surface area contributed by atoms with Gasteiger partial charge in [0.2, 0.25) is 0 Å². The summed E-state index contributed by atoms with van der Waals surface area (Å²) in [5.41, 5.74) is 10.4. The lowest BCUT2D eigenvalue weighted by atomic mass is 10.0. The number of nitrogens with zero attached hydrogens (tertiary/aromatic N) is 2. The lowest BCUT2D eigenvalue weighted by molar-refractivity contribution is -0.114. The zero-order valence-corrected chi connectivity index (χ0v) is 14.9. The lowest BCUT2D eigenvalue weighted by Gasteiger charge is -2.05. The van der Waals surface area contributed by atoms with E-state index in [1.54, 1.807) is 6.20 Å². The van der Waals surface area contributed by atoms with Gasteiger partial charge in [-0.15, -0.1) is 0 Å². The summed E-state index contributed by atoms with van der Waals surface area (Å²) in [5, 5.41) is 10.00. The Bertz CT molecular complexity index is 1140. The fourth-order valence-corrected chi connectivity index (χ4v) is 2.85. The maximum absolute atomic E-state index is 11.3. The molecule has 1 amide bonds. The second kappa shape index (κ2) is 7.54. The van der Waals surface area contributed by atoms with E-state index in [9.17, 15) is 4.79 Å². The van der Waals surface area contributed by atoms with Crippen molar-refractivity contribution >= 4 is 28.6 Å². The number of allylic oxidation sites excluding steroid dienone is 3. The number of nitrogens with one attached hydrogen (secondary N) is 1. The second-order valence-corrected chi connectivity index (χ2v) is 6.01. The average Bonchev–Trinajstić information content (AvgIpc) is 3.09. The Labute approximate surface area is 157 Å². The predicted octanol–water partition coefficient (Wildman–Crippen LogP) is 4.21. The molecule has 3 N–H and O–H groups in total. The average molecular weight is 354 g/mol. The highest BCUT2D eigenvalue weighted by Crippen LogP contribution is 2.29. The number of aromatic nitrogens is 2. The highest BCUT2D eigenvalue weighted by molar-refractivity contribution is 6.00. The predicted molar refractivity (Wildman–Crippen MR) is 108 cm³/mol. The molecule has 0 fully saturated rings. The van der Waals surface area contributed by atoms with Crippen molar-refractivity contribution in [3.63, 3.8) is 0 Å². The SMILES string of the molecule is C=C(/C=C\C)c1c[nH]c2ncc(-c3cccc(/C=C(\C#N)C(N)=O)c3)cc12. The number of pyridine rings is 1. The molecule has 0 aliphatic heterocycles. The van der Waals surface area contributed by atoms with Crippen molar-refractivity contribution in [3.05, 3.63) is 78.2 Å². The van der Waals surface area contributed by atoms with Crippen LogP contribution in [-0.4, -0.2) is 15.9 Å². The number of fused-ring (bicyclic) bond motifs is 1. The van der Waals surface area contributed by atoms with Crippen LogP contribution in [0, 0.1) is 11.3 Å². The molecule has 0 aliphatic rings. The summed E-state index contributed by atoms with van der Waals surface area (Å²) in [4.78, 5) is 18.9. The molecule has 0 saturated carbocycles. The van der Waals surface area contributed by atoms with Crippen molar-refractivity contribution in [3.8, 4) is 17.2 Å². The minimum atomic E-state index is -0.745. The Kier molecular flexibility index (Phi) is 5.00. The van der Waals surface area contributed by atoms with Crippen LogP contribution >= 0.6 is 0 Å². The fraction of sp³-hybridized carbons (Fsp3) is 0.0455. The van der Waals surface area contributed by atoms with Gasteiger partial charge in [-0.25, -0.2) is 4.98 Å². The van der Waals surface area contributed by atoms with Crippen LogP contribution in [0.25, 0.3) is 33.8 Å². The van der Waals surface area contributed by atoms with Crippen LogP contribution in [0.5, 0.6) is 0 Å². The minimum absolute atomic E-state index is 0.0868. The monoisotopic (exact) mass is 354 g/mol. The van der Waals surface area contributed by atoms with E-state index in [-0.39, 0.29) is 5.57 Å². The van der Waals surface area contributed by atoms with E-state index in [2.05, 4.69) is 16.5 Å². The highest BCUT2D eigenvalue weighted by atomic mass is 16.1. The number of benzene rings is 1. The Balaban J connectivity index is 2.07. The Morgan fingerprint density at radius 3 is 2.85 bits per heavy atom. The molecule has 2 heterocycles. The summed E-state index contributed by atoms with van der Waals surface area (Å²) in [6.07, 6.45) is 9.05. The highest BCUT2D eigenvalue weighted by Gasteiger charge is 2.09. The number of nitriles is 1. The van der Waals surface area contributed by atoms with Crippen LogP contribution in [0.4, 0.5) is 0 Å². The van der Waals surface area contributed by atoms with E-state index >= 15 is 0 Å². The van der Waals surface area contributed by atoms with Gasteiger partial charge in [0.05, 0.1) is 0 Å². The van der Waals surface area contributed by atoms with Crippen LogP contribution in [0.3, 0.4) is 0 Å². The van der Waals surface area contributed by atoms with E-state index < -0.39 is 5.91 Å². The molecule has 1 aromatic carbocycles. The molecule has 0 bridgehead atoms. The van der Waals surface area contributed by atoms with Crippen molar-refractivity contribution in [2.45, 2.75) is 6.92 Å². The molecule has 5 heteroatoms. The number of carbonyl (C=O) groups is 1. The zero-order valence-electron chi connectivity index (χ0n) is 14.9. The molecule has 0 radical (unpaired) electrons. The summed E-state index contributed by atoms with van der Waals surface area (Å²) < 4.78 is 0. The molecule has 3 rings (SSSR count). The third-order valence-electron chi connectivity index (χ3n) is 4.16. The summed E-state index contributed by atoms with van der Waals surface area (Å²) in [6, 6.07) is 11.4. The summed E-state index contributed by atoms with van der Waals surface area (Å²) >= 11 is 0. The molecule has 132 valence electrons. The first-order chi connectivity index (χ1) is 13.0. The van der Waals surface area contributed by atoms with Crippen LogP contribution < -0.4 is 5.73 Å². The number of hydrogen-bond donors (Lipinski definition) is 2. The first kappa shape index (κ1) is 17.9. The zero-order chi connectivity index (χ0) is 19.4. The Morgan fingerprint density at radius 2 is 2.15 bits per heavy atom. The number of carbonyl (C=O) groups excluding carboxylic acids is 1. The number of amides is 1. The van der Waals surface area contributed by atoms with Gasteiger partial charge in [-0.05, 0) is 41.8 Å². The van der Waals surface area contributed by atoms with Crippen molar-refractivity contribution in [2.75, 3.05) is 0 Å². The second-order valence-electron chi connectivity index (χ2n) is 6.01. The molecular formula is C22H18N4O. The van der Waals surface area contributed by atoms with E-state index in [1.165, 1.54) is 6.08 Å². The normalized spacial score (nSPS) is 11.6. The van der Waals surface area contributed by atoms with Crippen molar-refractivity contribution in [2.24, 2.45) is 5.73 Å². The van der Waals surface area contributed by atoms with E-state index in [1.807, 2.05) is 61.7 Å². The van der Waals surface area contributed by atoms with Crippen molar-refractivity contribution in [1.82, 2.24) is 9.97 Å². The smallest absolute Gasteiger partial charge is 0.259 e. The molecule has 5 nitrogen and oxygen atoms in total. The number of aromatic amines is 1. The van der Waals surface area contributed by atoms with Crippen molar-refractivity contribution < 1.29 is 4.79 Å². The number of H-pyrrole nitrogens is 1. The van der Waals surface area contributed by atoms with Crippen LogP contribution in [0.15, 0.2) is 67.0 Å². The number of primary amides is 1. The van der Waals surface area contributed by atoms with E-state index in [4.69, 9.17) is 11.0 Å². The lowest BCUT2D eigenvalue weighted by Crippen LogP contribution is -2.12. The molecule has 0 atom stereocenters. The molecule has 0 saturated heterocycles. The molecule has 0 unspecified atom stereocenters. The minimum Gasteiger partial charge on any atom is -0.365 e. The number of hydrogen-bond acceptors (Lipinski definition) is 3. The molecule has 3 aromatic rings. The quantitative estimate of drug-likeness (QED) is 0.408. The largest absolute Gasteiger partial charge is 0.365 e. The standard InChI is InChI=1S/C22H18N4O/c1-3-5-14(2)20-13-26-22-19(20)10-18(12-25-22)16-7-4-6-15(8-16)9-17(11-23)21(24)27/h3-10,12-13H,2H2,1H3,(H2,24,27)(H,25,26)/b5-3-,17-9+. The van der Waals surface area contributed by atoms with Gasteiger partial charge < -0.3 is 10.7 Å². The summed E-state index contributed by atoms with van der Waals surface area (Å²) in [7, 11) is 0.